The average Bonchev–Trinajstić information content (AvgIpc) is 2.36. The van der Waals surface area contributed by atoms with Crippen LogP contribution < -0.4 is 9.47 Å². The number of nitrogens with zero attached hydrogens (tertiary/aromatic N) is 1. The van der Waals surface area contributed by atoms with Crippen LogP contribution in [0.5, 0.6) is 11.5 Å². The molecule has 1 aromatic carbocycles. The summed E-state index contributed by atoms with van der Waals surface area (Å²) in [6.45, 7) is 0. The van der Waals surface area contributed by atoms with Gasteiger partial charge in [0.15, 0.2) is 11.5 Å². The number of rotatable bonds is 1. The van der Waals surface area contributed by atoms with Crippen molar-refractivity contribution in [2.45, 2.75) is 6.16 Å². The van der Waals surface area contributed by atoms with Gasteiger partial charge in [-0.2, -0.15) is 0 Å². The molecule has 0 saturated carbocycles. The topological polar surface area (TPSA) is 102 Å². The summed E-state index contributed by atoms with van der Waals surface area (Å²) in [5.41, 5.74) is -0.218. The van der Waals surface area contributed by atoms with E-state index in [1.807, 2.05) is 0 Å². The third-order valence-corrected chi connectivity index (χ3v) is 1.62. The lowest BCUT2D eigenvalue weighted by molar-refractivity contribution is -0.387. The Morgan fingerprint density at radius 2 is 1.93 bits per heavy atom. The van der Waals surface area contributed by atoms with Crippen molar-refractivity contribution in [1.82, 2.24) is 0 Å². The SMILES string of the molecule is O=[N+]([O-])c1ccc2c(c1)OC(O)(O)O2. The zero-order valence-electron chi connectivity index (χ0n) is 6.71. The smallest absolute Gasteiger partial charge is 0.403 e. The number of aliphatic hydroxyl groups is 2. The molecule has 0 unspecified atom stereocenters. The van der Waals surface area contributed by atoms with E-state index in [0.29, 0.717) is 0 Å². The van der Waals surface area contributed by atoms with Crippen molar-refractivity contribution < 1.29 is 24.6 Å². The summed E-state index contributed by atoms with van der Waals surface area (Å²) in [6, 6.07) is 3.44. The molecule has 0 amide bonds. The fourth-order valence-corrected chi connectivity index (χ4v) is 1.08. The molecule has 2 N–H and O–H groups in total. The Morgan fingerprint density at radius 1 is 1.29 bits per heavy atom. The molecule has 7 nitrogen and oxygen atoms in total. The number of benzene rings is 1. The minimum absolute atomic E-state index is 0.0422. The Bertz CT molecular complexity index is 401. The van der Waals surface area contributed by atoms with E-state index in [9.17, 15) is 10.1 Å². The Morgan fingerprint density at radius 3 is 2.57 bits per heavy atom. The summed E-state index contributed by atoms with van der Waals surface area (Å²) in [5.74, 6) is -0.0372. The van der Waals surface area contributed by atoms with Gasteiger partial charge in [-0.05, 0) is 6.07 Å². The van der Waals surface area contributed by atoms with E-state index in [4.69, 9.17) is 10.2 Å². The van der Waals surface area contributed by atoms with E-state index in [0.717, 1.165) is 6.07 Å². The van der Waals surface area contributed by atoms with Crippen molar-refractivity contribution in [3.05, 3.63) is 28.3 Å². The second-order valence-corrected chi connectivity index (χ2v) is 2.64. The normalized spacial score (nSPS) is 16.7. The molecule has 1 aliphatic rings. The molecule has 0 fully saturated rings. The van der Waals surface area contributed by atoms with Gasteiger partial charge in [0, 0.05) is 6.07 Å². The molecule has 1 heterocycles. The van der Waals surface area contributed by atoms with Crippen molar-refractivity contribution in [2.24, 2.45) is 0 Å². The number of nitro groups is 1. The van der Waals surface area contributed by atoms with Crippen LogP contribution in [0.4, 0.5) is 5.69 Å². The Kier molecular flexibility index (Phi) is 1.60. The lowest BCUT2D eigenvalue weighted by atomic mass is 10.3. The van der Waals surface area contributed by atoms with Crippen LogP contribution in [0, 0.1) is 10.1 Å². The van der Waals surface area contributed by atoms with Crippen LogP contribution in [0.3, 0.4) is 0 Å². The minimum atomic E-state index is -2.74. The quantitative estimate of drug-likeness (QED) is 0.374. The third-order valence-electron chi connectivity index (χ3n) is 1.62. The van der Waals surface area contributed by atoms with Crippen LogP contribution in [-0.2, 0) is 0 Å². The number of ether oxygens (including phenoxy) is 2. The monoisotopic (exact) mass is 199 g/mol. The number of fused-ring (bicyclic) bond motifs is 1. The molecule has 0 saturated heterocycles. The van der Waals surface area contributed by atoms with E-state index in [1.54, 1.807) is 0 Å². The van der Waals surface area contributed by atoms with Gasteiger partial charge < -0.3 is 9.47 Å². The minimum Gasteiger partial charge on any atom is -0.403 e. The number of hydrogen-bond acceptors (Lipinski definition) is 6. The lowest BCUT2D eigenvalue weighted by Crippen LogP contribution is -2.37. The Labute approximate surface area is 77.3 Å². The van der Waals surface area contributed by atoms with Crippen molar-refractivity contribution in [2.75, 3.05) is 0 Å². The maximum atomic E-state index is 10.3. The zero-order chi connectivity index (χ0) is 10.3. The highest BCUT2D eigenvalue weighted by molar-refractivity contribution is 5.50. The first-order valence-electron chi connectivity index (χ1n) is 3.59. The molecule has 14 heavy (non-hydrogen) atoms. The molecular formula is C7H5NO6. The molecule has 0 aromatic heterocycles. The van der Waals surface area contributed by atoms with Gasteiger partial charge in [0.1, 0.15) is 0 Å². The van der Waals surface area contributed by atoms with Crippen LogP contribution in [0.15, 0.2) is 18.2 Å². The molecular weight excluding hydrogens is 194 g/mol. The second kappa shape index (κ2) is 2.56. The summed E-state index contributed by atoms with van der Waals surface area (Å²) in [4.78, 5) is 9.72. The van der Waals surface area contributed by atoms with Crippen LogP contribution in [0.2, 0.25) is 0 Å². The fourth-order valence-electron chi connectivity index (χ4n) is 1.08. The van der Waals surface area contributed by atoms with E-state index in [2.05, 4.69) is 9.47 Å². The average molecular weight is 199 g/mol. The highest BCUT2D eigenvalue weighted by Crippen LogP contribution is 2.39. The Balaban J connectivity index is 2.40. The number of nitro benzene ring substituents is 1. The molecule has 74 valence electrons. The largest absolute Gasteiger partial charge is 0.505 e. The molecule has 0 radical (unpaired) electrons. The van der Waals surface area contributed by atoms with Gasteiger partial charge in [-0.1, -0.05) is 0 Å². The highest BCUT2D eigenvalue weighted by atomic mass is 17.0. The van der Waals surface area contributed by atoms with Crippen LogP contribution >= 0.6 is 0 Å². The predicted molar refractivity (Wildman–Crippen MR) is 41.5 cm³/mol. The van der Waals surface area contributed by atoms with Crippen molar-refractivity contribution in [3.63, 3.8) is 0 Å². The maximum absolute atomic E-state index is 10.3. The van der Waals surface area contributed by atoms with Gasteiger partial charge >= 0.3 is 6.16 Å². The molecule has 1 aromatic rings. The van der Waals surface area contributed by atoms with Crippen LogP contribution in [-0.4, -0.2) is 21.3 Å². The molecule has 0 spiro atoms. The highest BCUT2D eigenvalue weighted by Gasteiger charge is 2.38. The first-order valence-corrected chi connectivity index (χ1v) is 3.59. The molecule has 0 atom stereocenters. The summed E-state index contributed by atoms with van der Waals surface area (Å²) >= 11 is 0. The van der Waals surface area contributed by atoms with Gasteiger partial charge in [0.25, 0.3) is 5.69 Å². The van der Waals surface area contributed by atoms with Gasteiger partial charge in [-0.15, -0.1) is 0 Å². The molecule has 0 bridgehead atoms. The van der Waals surface area contributed by atoms with E-state index >= 15 is 0 Å². The van der Waals surface area contributed by atoms with E-state index in [-0.39, 0.29) is 17.2 Å². The van der Waals surface area contributed by atoms with Crippen LogP contribution in [0.1, 0.15) is 0 Å². The zero-order valence-corrected chi connectivity index (χ0v) is 6.71. The van der Waals surface area contributed by atoms with Gasteiger partial charge in [0.05, 0.1) is 11.0 Å². The maximum Gasteiger partial charge on any atom is 0.505 e. The molecule has 7 heteroatoms. The third kappa shape index (κ3) is 1.34. The summed E-state index contributed by atoms with van der Waals surface area (Å²) in [6.07, 6.45) is -2.74. The van der Waals surface area contributed by atoms with Crippen molar-refractivity contribution in [3.8, 4) is 11.5 Å². The van der Waals surface area contributed by atoms with E-state index < -0.39 is 11.1 Å². The van der Waals surface area contributed by atoms with Crippen LogP contribution in [0.25, 0.3) is 0 Å². The van der Waals surface area contributed by atoms with Gasteiger partial charge in [-0.25, -0.2) is 0 Å². The second-order valence-electron chi connectivity index (χ2n) is 2.64. The standard InChI is InChI=1S/C7H5NO6/c9-7(10)13-5-2-1-4(8(11)12)3-6(5)14-7/h1-3,9-10H. The van der Waals surface area contributed by atoms with Gasteiger partial charge in [0.2, 0.25) is 0 Å². The predicted octanol–water partition coefficient (Wildman–Crippen LogP) is -0.0381. The van der Waals surface area contributed by atoms with E-state index in [1.165, 1.54) is 12.1 Å². The summed E-state index contributed by atoms with van der Waals surface area (Å²) in [7, 11) is 0. The lowest BCUT2D eigenvalue weighted by Gasteiger charge is -2.10. The summed E-state index contributed by atoms with van der Waals surface area (Å²) < 4.78 is 8.96. The fraction of sp³-hybridized carbons (Fsp3) is 0.143. The van der Waals surface area contributed by atoms with Crippen molar-refractivity contribution in [1.29, 1.82) is 0 Å². The van der Waals surface area contributed by atoms with Gasteiger partial charge in [-0.3, -0.25) is 20.3 Å². The molecule has 2 rings (SSSR count). The molecule has 0 aliphatic carbocycles. The van der Waals surface area contributed by atoms with Crippen molar-refractivity contribution >= 4 is 5.69 Å². The molecule has 1 aliphatic heterocycles. The first-order chi connectivity index (χ1) is 6.48. The first kappa shape index (κ1) is 8.73. The summed E-state index contributed by atoms with van der Waals surface area (Å²) in [5, 5.41) is 28.1. The number of hydrogen-bond donors (Lipinski definition) is 2. The number of non-ortho nitro benzene ring substituents is 1. The Hall–Kier alpha value is -1.86.